The number of nitrogens with zero attached hydrogens (tertiary/aromatic N) is 4. The van der Waals surface area contributed by atoms with Gasteiger partial charge >= 0.3 is 0 Å². The van der Waals surface area contributed by atoms with Crippen LogP contribution < -0.4 is 5.32 Å². The molecule has 3 heterocycles. The van der Waals surface area contributed by atoms with Crippen molar-refractivity contribution >= 4 is 11.8 Å². The molecular weight excluding hydrogens is 282 g/mol. The summed E-state index contributed by atoms with van der Waals surface area (Å²) in [5.41, 5.74) is 0.456. The minimum absolute atomic E-state index is 0.0393. The van der Waals surface area contributed by atoms with Gasteiger partial charge in [0.05, 0.1) is 6.04 Å². The van der Waals surface area contributed by atoms with Crippen LogP contribution in [0.15, 0.2) is 12.3 Å². The van der Waals surface area contributed by atoms with Gasteiger partial charge in [0.1, 0.15) is 5.69 Å². The van der Waals surface area contributed by atoms with Crippen LogP contribution in [0, 0.1) is 0 Å². The van der Waals surface area contributed by atoms with Crippen molar-refractivity contribution in [1.29, 1.82) is 0 Å². The van der Waals surface area contributed by atoms with Crippen LogP contribution in [0.4, 0.5) is 0 Å². The molecule has 2 aliphatic heterocycles. The molecule has 0 saturated carbocycles. The summed E-state index contributed by atoms with van der Waals surface area (Å²) in [6.07, 6.45) is 4.44. The lowest BCUT2D eigenvalue weighted by atomic mass is 10.0. The summed E-state index contributed by atoms with van der Waals surface area (Å²) in [6.45, 7) is 2.56. The van der Waals surface area contributed by atoms with E-state index >= 15 is 0 Å². The van der Waals surface area contributed by atoms with Gasteiger partial charge in [-0.15, -0.1) is 0 Å². The van der Waals surface area contributed by atoms with Crippen LogP contribution in [0.1, 0.15) is 29.8 Å². The molecule has 2 amide bonds. The number of likely N-dealkylation sites (tertiary alicyclic amines) is 2. The Labute approximate surface area is 130 Å². The first kappa shape index (κ1) is 15.0. The predicted molar refractivity (Wildman–Crippen MR) is 81.3 cm³/mol. The van der Waals surface area contributed by atoms with E-state index in [2.05, 4.69) is 15.3 Å². The third kappa shape index (κ3) is 2.99. The van der Waals surface area contributed by atoms with E-state index in [4.69, 9.17) is 0 Å². The highest BCUT2D eigenvalue weighted by Gasteiger charge is 2.35. The third-order valence-corrected chi connectivity index (χ3v) is 4.65. The highest BCUT2D eigenvalue weighted by molar-refractivity contribution is 5.92. The van der Waals surface area contributed by atoms with Gasteiger partial charge in [-0.1, -0.05) is 0 Å². The average molecular weight is 305 g/mol. The Morgan fingerprint density at radius 3 is 2.50 bits per heavy atom. The van der Waals surface area contributed by atoms with Gasteiger partial charge < -0.3 is 10.2 Å². The van der Waals surface area contributed by atoms with E-state index in [-0.39, 0.29) is 23.9 Å². The van der Waals surface area contributed by atoms with Crippen molar-refractivity contribution in [2.75, 3.05) is 26.7 Å². The standard InChI is InChI=1S/C15H23N5O2/c1-18-7-6-13(15(18)22)20-9-3-11(4-10-20)16-14(21)12-5-8-19(2)17-12/h5,8,11,13H,3-4,6-7,9-10H2,1-2H3,(H,16,21). The summed E-state index contributed by atoms with van der Waals surface area (Å²) in [5.74, 6) is 0.117. The van der Waals surface area contributed by atoms with Gasteiger partial charge in [0.25, 0.3) is 5.91 Å². The lowest BCUT2D eigenvalue weighted by molar-refractivity contribution is -0.131. The maximum Gasteiger partial charge on any atom is 0.271 e. The van der Waals surface area contributed by atoms with Gasteiger partial charge in [-0.3, -0.25) is 19.2 Å². The number of rotatable bonds is 3. The van der Waals surface area contributed by atoms with Crippen LogP contribution in [0.2, 0.25) is 0 Å². The zero-order chi connectivity index (χ0) is 15.7. The summed E-state index contributed by atoms with van der Waals surface area (Å²) >= 11 is 0. The molecule has 7 heteroatoms. The fraction of sp³-hybridized carbons (Fsp3) is 0.667. The number of hydrogen-bond donors (Lipinski definition) is 1. The molecular formula is C15H23N5O2. The van der Waals surface area contributed by atoms with Crippen LogP contribution in [0.25, 0.3) is 0 Å². The highest BCUT2D eigenvalue weighted by Crippen LogP contribution is 2.20. The fourth-order valence-electron chi connectivity index (χ4n) is 3.29. The molecule has 2 saturated heterocycles. The number of carbonyl (C=O) groups is 2. The molecule has 7 nitrogen and oxygen atoms in total. The van der Waals surface area contributed by atoms with Gasteiger partial charge in [-0.05, 0) is 25.3 Å². The molecule has 2 fully saturated rings. The number of amides is 2. The average Bonchev–Trinajstić information content (AvgIpc) is 3.08. The lowest BCUT2D eigenvalue weighted by Crippen LogP contribution is -2.50. The fourth-order valence-corrected chi connectivity index (χ4v) is 3.29. The highest BCUT2D eigenvalue weighted by atomic mass is 16.2. The van der Waals surface area contributed by atoms with Crippen molar-refractivity contribution in [2.24, 2.45) is 7.05 Å². The van der Waals surface area contributed by atoms with E-state index in [0.717, 1.165) is 38.9 Å². The topological polar surface area (TPSA) is 70.5 Å². The maximum atomic E-state index is 12.1. The van der Waals surface area contributed by atoms with Gasteiger partial charge in [-0.2, -0.15) is 5.10 Å². The van der Waals surface area contributed by atoms with Crippen LogP contribution in [0.5, 0.6) is 0 Å². The predicted octanol–water partition coefficient (Wildman–Crippen LogP) is -0.155. The molecule has 0 aromatic carbocycles. The number of aromatic nitrogens is 2. The number of carbonyl (C=O) groups excluding carboxylic acids is 2. The van der Waals surface area contributed by atoms with Crippen molar-refractivity contribution in [3.8, 4) is 0 Å². The second-order valence-electron chi connectivity index (χ2n) is 6.22. The quantitative estimate of drug-likeness (QED) is 0.843. The van der Waals surface area contributed by atoms with Crippen molar-refractivity contribution in [1.82, 2.24) is 24.9 Å². The van der Waals surface area contributed by atoms with Crippen LogP contribution in [-0.4, -0.2) is 70.2 Å². The second kappa shape index (κ2) is 6.08. The molecule has 120 valence electrons. The Balaban J connectivity index is 1.50. The van der Waals surface area contributed by atoms with E-state index in [1.165, 1.54) is 0 Å². The number of likely N-dealkylation sites (N-methyl/N-ethyl adjacent to an activating group) is 1. The molecule has 3 rings (SSSR count). The number of aryl methyl sites for hydroxylation is 1. The van der Waals surface area contributed by atoms with Crippen molar-refractivity contribution in [3.05, 3.63) is 18.0 Å². The Bertz CT molecular complexity index is 562. The second-order valence-corrected chi connectivity index (χ2v) is 6.22. The monoisotopic (exact) mass is 305 g/mol. The molecule has 22 heavy (non-hydrogen) atoms. The summed E-state index contributed by atoms with van der Waals surface area (Å²) < 4.78 is 1.62. The zero-order valence-electron chi connectivity index (χ0n) is 13.2. The molecule has 0 spiro atoms. The summed E-state index contributed by atoms with van der Waals surface area (Å²) in [4.78, 5) is 28.2. The summed E-state index contributed by atoms with van der Waals surface area (Å²) in [5, 5.41) is 7.16. The Morgan fingerprint density at radius 1 is 1.23 bits per heavy atom. The van der Waals surface area contributed by atoms with Crippen LogP contribution in [0.3, 0.4) is 0 Å². The normalized spacial score (nSPS) is 24.0. The molecule has 0 bridgehead atoms. The largest absolute Gasteiger partial charge is 0.348 e. The van der Waals surface area contributed by atoms with E-state index in [9.17, 15) is 9.59 Å². The molecule has 1 aromatic rings. The van der Waals surface area contributed by atoms with Crippen molar-refractivity contribution in [3.63, 3.8) is 0 Å². The Morgan fingerprint density at radius 2 is 1.95 bits per heavy atom. The van der Waals surface area contributed by atoms with E-state index in [0.29, 0.717) is 5.69 Å². The minimum Gasteiger partial charge on any atom is -0.348 e. The van der Waals surface area contributed by atoms with Gasteiger partial charge in [0.2, 0.25) is 5.91 Å². The van der Waals surface area contributed by atoms with Gasteiger partial charge in [0, 0.05) is 46.0 Å². The first-order valence-electron chi connectivity index (χ1n) is 7.84. The number of piperidine rings is 1. The molecule has 0 radical (unpaired) electrons. The Kier molecular flexibility index (Phi) is 4.15. The first-order chi connectivity index (χ1) is 10.5. The van der Waals surface area contributed by atoms with Gasteiger partial charge in [0.15, 0.2) is 0 Å². The number of nitrogens with one attached hydrogen (secondary N) is 1. The molecule has 0 aliphatic carbocycles. The van der Waals surface area contributed by atoms with Gasteiger partial charge in [-0.25, -0.2) is 0 Å². The molecule has 1 N–H and O–H groups in total. The summed E-state index contributed by atoms with van der Waals surface area (Å²) in [6, 6.07) is 1.93. The van der Waals surface area contributed by atoms with E-state index in [1.807, 2.05) is 7.05 Å². The Hall–Kier alpha value is -1.89. The van der Waals surface area contributed by atoms with Crippen LogP contribution in [-0.2, 0) is 11.8 Å². The summed E-state index contributed by atoms with van der Waals surface area (Å²) in [7, 11) is 3.66. The molecule has 1 unspecified atom stereocenters. The third-order valence-electron chi connectivity index (χ3n) is 4.65. The van der Waals surface area contributed by atoms with Crippen molar-refractivity contribution < 1.29 is 9.59 Å². The SMILES string of the molecule is CN1CCC(N2CCC(NC(=O)c3ccn(C)n3)CC2)C1=O. The lowest BCUT2D eigenvalue weighted by Gasteiger charge is -2.35. The van der Waals surface area contributed by atoms with Crippen LogP contribution >= 0.6 is 0 Å². The van der Waals surface area contributed by atoms with Crippen molar-refractivity contribution in [2.45, 2.75) is 31.3 Å². The molecule has 2 aliphatic rings. The van der Waals surface area contributed by atoms with E-state index in [1.54, 1.807) is 28.9 Å². The zero-order valence-corrected chi connectivity index (χ0v) is 13.2. The number of hydrogen-bond acceptors (Lipinski definition) is 4. The van der Waals surface area contributed by atoms with E-state index < -0.39 is 0 Å². The molecule has 1 aromatic heterocycles. The first-order valence-corrected chi connectivity index (χ1v) is 7.84. The minimum atomic E-state index is -0.115. The smallest absolute Gasteiger partial charge is 0.271 e. The molecule has 1 atom stereocenters. The maximum absolute atomic E-state index is 12.1.